The number of carbonyl (C=O) groups is 1. The summed E-state index contributed by atoms with van der Waals surface area (Å²) in [5.74, 6) is 0.273. The molecule has 0 bridgehead atoms. The molecule has 0 fully saturated rings. The van der Waals surface area contributed by atoms with Gasteiger partial charge in [-0.25, -0.2) is 4.68 Å². The van der Waals surface area contributed by atoms with E-state index in [4.69, 9.17) is 5.73 Å². The van der Waals surface area contributed by atoms with Crippen LogP contribution in [0.2, 0.25) is 0 Å². The second kappa shape index (κ2) is 4.20. The number of amides is 1. The first-order valence-electron chi connectivity index (χ1n) is 5.82. The van der Waals surface area contributed by atoms with Crippen molar-refractivity contribution in [1.29, 1.82) is 0 Å². The average Bonchev–Trinajstić information content (AvgIpc) is 2.91. The number of nitrogens with zero attached hydrogens (tertiary/aromatic N) is 3. The highest BCUT2D eigenvalue weighted by Gasteiger charge is 2.12. The molecule has 0 aromatic carbocycles. The van der Waals surface area contributed by atoms with Gasteiger partial charge in [-0.15, -0.1) is 11.3 Å². The van der Waals surface area contributed by atoms with Crippen LogP contribution in [0.4, 0.5) is 0 Å². The van der Waals surface area contributed by atoms with E-state index in [2.05, 4.69) is 5.10 Å². The molecule has 0 unspecified atom stereocenters. The molecule has 7 heteroatoms. The molecule has 0 aliphatic heterocycles. The smallest absolute Gasteiger partial charge is 0.291 e. The summed E-state index contributed by atoms with van der Waals surface area (Å²) >= 11 is 1.58. The topological polar surface area (TPSA) is 82.4 Å². The third-order valence-corrected chi connectivity index (χ3v) is 3.89. The Morgan fingerprint density at radius 1 is 1.47 bits per heavy atom. The molecule has 2 N–H and O–H groups in total. The van der Waals surface area contributed by atoms with Crippen LogP contribution in [0.25, 0.3) is 15.7 Å². The molecule has 3 aromatic heterocycles. The molecule has 6 nitrogen and oxygen atoms in total. The van der Waals surface area contributed by atoms with Gasteiger partial charge in [-0.3, -0.25) is 14.0 Å². The molecule has 0 radical (unpaired) electrons. The second-order valence-electron chi connectivity index (χ2n) is 4.33. The molecule has 0 atom stereocenters. The molecular weight excluding hydrogens is 264 g/mol. The fraction of sp³-hybridized carbons (Fsp3) is 0.250. The van der Waals surface area contributed by atoms with Crippen LogP contribution in [0, 0.1) is 6.92 Å². The molecule has 3 aromatic rings. The van der Waals surface area contributed by atoms with E-state index in [1.807, 2.05) is 28.8 Å². The van der Waals surface area contributed by atoms with Crippen molar-refractivity contribution in [3.8, 4) is 0 Å². The first-order valence-corrected chi connectivity index (χ1v) is 6.70. The van der Waals surface area contributed by atoms with E-state index in [-0.39, 0.29) is 18.5 Å². The fourth-order valence-corrected chi connectivity index (χ4v) is 3.00. The van der Waals surface area contributed by atoms with Gasteiger partial charge in [0.25, 0.3) is 5.56 Å². The number of aromatic nitrogens is 3. The Hall–Kier alpha value is -2.15. The molecule has 0 aliphatic carbocycles. The van der Waals surface area contributed by atoms with Crippen LogP contribution < -0.4 is 11.3 Å². The van der Waals surface area contributed by atoms with Crippen molar-refractivity contribution in [2.24, 2.45) is 5.73 Å². The van der Waals surface area contributed by atoms with Crippen molar-refractivity contribution >= 4 is 33.0 Å². The predicted molar refractivity (Wildman–Crippen MR) is 73.4 cm³/mol. The summed E-state index contributed by atoms with van der Waals surface area (Å²) in [5.41, 5.74) is 6.47. The molecule has 0 saturated carbocycles. The van der Waals surface area contributed by atoms with Gasteiger partial charge in [0.15, 0.2) is 0 Å². The third-order valence-electron chi connectivity index (χ3n) is 3.04. The van der Waals surface area contributed by atoms with Crippen molar-refractivity contribution in [2.45, 2.75) is 19.9 Å². The number of carbonyl (C=O) groups excluding carboxylic acids is 1. The van der Waals surface area contributed by atoms with Crippen LogP contribution in [0.3, 0.4) is 0 Å². The van der Waals surface area contributed by atoms with E-state index in [0.717, 1.165) is 10.2 Å². The Balaban J connectivity index is 2.24. The quantitative estimate of drug-likeness (QED) is 0.771. The molecule has 0 aliphatic rings. The maximum absolute atomic E-state index is 12.3. The van der Waals surface area contributed by atoms with Gasteiger partial charge in [0.1, 0.15) is 11.3 Å². The maximum atomic E-state index is 12.3. The van der Waals surface area contributed by atoms with Crippen LogP contribution in [0.15, 0.2) is 22.3 Å². The standard InChI is InChI=1S/C12H12N4O2S/c1-7-14-15(4-2-11(13)17)12(18)9-6-10-8(16(7)9)3-5-19-10/h3,5-6H,2,4H2,1H3,(H2,13,17). The van der Waals surface area contributed by atoms with Gasteiger partial charge < -0.3 is 5.73 Å². The fourth-order valence-electron chi connectivity index (χ4n) is 2.20. The number of nitrogens with two attached hydrogens (primary N) is 1. The van der Waals surface area contributed by atoms with E-state index in [1.54, 1.807) is 11.3 Å². The number of thiophene rings is 1. The SMILES string of the molecule is Cc1nn(CCC(N)=O)c(=O)c2cc3sccc3n12. The molecule has 0 spiro atoms. The van der Waals surface area contributed by atoms with Gasteiger partial charge in [-0.05, 0) is 24.4 Å². The first-order chi connectivity index (χ1) is 9.08. The Labute approximate surface area is 112 Å². The predicted octanol–water partition coefficient (Wildman–Crippen LogP) is 0.895. The normalized spacial score (nSPS) is 11.4. The Morgan fingerprint density at radius 2 is 2.26 bits per heavy atom. The van der Waals surface area contributed by atoms with Gasteiger partial charge in [0, 0.05) is 6.42 Å². The molecule has 98 valence electrons. The monoisotopic (exact) mass is 276 g/mol. The van der Waals surface area contributed by atoms with Gasteiger partial charge in [-0.1, -0.05) is 0 Å². The van der Waals surface area contributed by atoms with Crippen molar-refractivity contribution in [1.82, 2.24) is 14.2 Å². The van der Waals surface area contributed by atoms with E-state index < -0.39 is 5.91 Å². The Morgan fingerprint density at radius 3 is 3.00 bits per heavy atom. The maximum Gasteiger partial charge on any atom is 0.291 e. The zero-order valence-corrected chi connectivity index (χ0v) is 11.1. The molecule has 3 heterocycles. The van der Waals surface area contributed by atoms with Crippen molar-refractivity contribution in [3.63, 3.8) is 0 Å². The lowest BCUT2D eigenvalue weighted by atomic mass is 10.4. The van der Waals surface area contributed by atoms with Crippen LogP contribution in [0.5, 0.6) is 0 Å². The largest absolute Gasteiger partial charge is 0.370 e. The average molecular weight is 276 g/mol. The van der Waals surface area contributed by atoms with Crippen molar-refractivity contribution in [2.75, 3.05) is 0 Å². The minimum absolute atomic E-state index is 0.109. The number of primary amides is 1. The lowest BCUT2D eigenvalue weighted by Crippen LogP contribution is -2.28. The minimum atomic E-state index is -0.442. The number of hydrogen-bond donors (Lipinski definition) is 1. The van der Waals surface area contributed by atoms with E-state index in [0.29, 0.717) is 11.3 Å². The summed E-state index contributed by atoms with van der Waals surface area (Å²) < 4.78 is 4.20. The summed E-state index contributed by atoms with van der Waals surface area (Å²) in [5, 5.41) is 6.22. The number of rotatable bonds is 3. The summed E-state index contributed by atoms with van der Waals surface area (Å²) in [4.78, 5) is 23.1. The third kappa shape index (κ3) is 1.82. The van der Waals surface area contributed by atoms with Crippen LogP contribution in [0.1, 0.15) is 12.2 Å². The van der Waals surface area contributed by atoms with Gasteiger partial charge in [-0.2, -0.15) is 5.10 Å². The molecular formula is C12H12N4O2S. The first kappa shape index (κ1) is 11.9. The van der Waals surface area contributed by atoms with Crippen molar-refractivity contribution < 1.29 is 4.79 Å². The second-order valence-corrected chi connectivity index (χ2v) is 5.27. The summed E-state index contributed by atoms with van der Waals surface area (Å²) in [6, 6.07) is 3.83. The van der Waals surface area contributed by atoms with E-state index in [9.17, 15) is 9.59 Å². The molecule has 1 amide bonds. The number of hydrogen-bond acceptors (Lipinski definition) is 4. The number of fused-ring (bicyclic) bond motifs is 3. The zero-order valence-electron chi connectivity index (χ0n) is 10.3. The highest BCUT2D eigenvalue weighted by Crippen LogP contribution is 2.24. The Kier molecular flexibility index (Phi) is 2.63. The lowest BCUT2D eigenvalue weighted by Gasteiger charge is -2.07. The van der Waals surface area contributed by atoms with E-state index >= 15 is 0 Å². The van der Waals surface area contributed by atoms with Gasteiger partial charge >= 0.3 is 0 Å². The number of aryl methyl sites for hydroxylation is 2. The summed E-state index contributed by atoms with van der Waals surface area (Å²) in [6.45, 7) is 2.05. The summed E-state index contributed by atoms with van der Waals surface area (Å²) in [6.07, 6.45) is 0.109. The van der Waals surface area contributed by atoms with Crippen LogP contribution >= 0.6 is 11.3 Å². The van der Waals surface area contributed by atoms with Gasteiger partial charge in [0.2, 0.25) is 5.91 Å². The minimum Gasteiger partial charge on any atom is -0.370 e. The zero-order chi connectivity index (χ0) is 13.6. The molecule has 0 saturated heterocycles. The van der Waals surface area contributed by atoms with E-state index in [1.165, 1.54) is 4.68 Å². The van der Waals surface area contributed by atoms with Crippen LogP contribution in [-0.4, -0.2) is 20.1 Å². The molecule has 3 rings (SSSR count). The van der Waals surface area contributed by atoms with Gasteiger partial charge in [0.05, 0.1) is 16.8 Å². The molecule has 19 heavy (non-hydrogen) atoms. The van der Waals surface area contributed by atoms with Crippen molar-refractivity contribution in [3.05, 3.63) is 33.7 Å². The highest BCUT2D eigenvalue weighted by atomic mass is 32.1. The highest BCUT2D eigenvalue weighted by molar-refractivity contribution is 7.17. The Bertz CT molecular complexity index is 843. The summed E-state index contributed by atoms with van der Waals surface area (Å²) in [7, 11) is 0. The lowest BCUT2D eigenvalue weighted by molar-refractivity contribution is -0.118. The van der Waals surface area contributed by atoms with Crippen LogP contribution in [-0.2, 0) is 11.3 Å².